The summed E-state index contributed by atoms with van der Waals surface area (Å²) in [6.07, 6.45) is 4.36. The monoisotopic (exact) mass is 353 g/mol. The molecule has 3 rings (SSSR count). The fourth-order valence-corrected chi connectivity index (χ4v) is 3.62. The molecule has 2 aliphatic heterocycles. The van der Waals surface area contributed by atoms with Crippen LogP contribution in [-0.4, -0.2) is 48.6 Å². The van der Waals surface area contributed by atoms with E-state index in [0.29, 0.717) is 5.69 Å². The van der Waals surface area contributed by atoms with Crippen molar-refractivity contribution in [2.45, 2.75) is 25.7 Å². The van der Waals surface area contributed by atoms with Crippen LogP contribution in [0.15, 0.2) is 24.3 Å². The van der Waals surface area contributed by atoms with Crippen molar-refractivity contribution in [1.29, 1.82) is 0 Å². The lowest BCUT2D eigenvalue weighted by Crippen LogP contribution is -2.42. The van der Waals surface area contributed by atoms with E-state index in [2.05, 4.69) is 15.5 Å². The number of amides is 1. The van der Waals surface area contributed by atoms with Crippen molar-refractivity contribution in [2.24, 2.45) is 11.8 Å². The van der Waals surface area contributed by atoms with Crippen LogP contribution in [0, 0.1) is 11.8 Å². The molecule has 5 nitrogen and oxygen atoms in total. The van der Waals surface area contributed by atoms with Gasteiger partial charge in [0, 0.05) is 12.5 Å². The van der Waals surface area contributed by atoms with Gasteiger partial charge in [0.2, 0.25) is 5.91 Å². The highest BCUT2D eigenvalue weighted by Crippen LogP contribution is 2.25. The molecular weight excluding hydrogens is 326 g/mol. The van der Waals surface area contributed by atoms with E-state index in [1.54, 1.807) is 18.2 Å². The van der Waals surface area contributed by atoms with Crippen LogP contribution < -0.4 is 10.6 Å². The van der Waals surface area contributed by atoms with Gasteiger partial charge in [-0.3, -0.25) is 4.79 Å². The molecule has 6 heteroatoms. The zero-order chi connectivity index (χ0) is 16.1. The fourth-order valence-electron chi connectivity index (χ4n) is 3.62. The second-order valence-corrected chi connectivity index (χ2v) is 6.77. The van der Waals surface area contributed by atoms with Gasteiger partial charge in [-0.2, -0.15) is 0 Å². The topological polar surface area (TPSA) is 64.6 Å². The number of phenols is 1. The molecule has 2 saturated heterocycles. The molecule has 0 unspecified atom stereocenters. The maximum atomic E-state index is 12.4. The molecule has 2 aliphatic rings. The van der Waals surface area contributed by atoms with Crippen molar-refractivity contribution in [3.05, 3.63) is 24.3 Å². The summed E-state index contributed by atoms with van der Waals surface area (Å²) in [5, 5.41) is 16.0. The van der Waals surface area contributed by atoms with Crippen molar-refractivity contribution >= 4 is 24.0 Å². The average molecular weight is 354 g/mol. The molecule has 0 bridgehead atoms. The molecule has 0 saturated carbocycles. The van der Waals surface area contributed by atoms with E-state index < -0.39 is 0 Å². The number of hydrogen-bond donors (Lipinski definition) is 3. The number of para-hydroxylation sites is 2. The molecule has 24 heavy (non-hydrogen) atoms. The van der Waals surface area contributed by atoms with E-state index in [1.165, 1.54) is 19.4 Å². The summed E-state index contributed by atoms with van der Waals surface area (Å²) in [5.74, 6) is 1.03. The molecule has 3 N–H and O–H groups in total. The van der Waals surface area contributed by atoms with E-state index in [4.69, 9.17) is 0 Å². The number of benzene rings is 1. The highest BCUT2D eigenvalue weighted by Gasteiger charge is 2.27. The molecule has 2 fully saturated rings. The van der Waals surface area contributed by atoms with E-state index in [-0.39, 0.29) is 30.0 Å². The highest BCUT2D eigenvalue weighted by atomic mass is 35.5. The number of likely N-dealkylation sites (tertiary alicyclic amines) is 1. The molecule has 1 aromatic carbocycles. The Bertz CT molecular complexity index is 527. The number of aromatic hydroxyl groups is 1. The average Bonchev–Trinajstić information content (AvgIpc) is 2.58. The summed E-state index contributed by atoms with van der Waals surface area (Å²) < 4.78 is 0. The maximum absolute atomic E-state index is 12.4. The van der Waals surface area contributed by atoms with Crippen LogP contribution in [0.4, 0.5) is 5.69 Å². The quantitative estimate of drug-likeness (QED) is 0.727. The second kappa shape index (κ2) is 9.25. The van der Waals surface area contributed by atoms with Gasteiger partial charge >= 0.3 is 0 Å². The zero-order valence-electron chi connectivity index (χ0n) is 14.0. The Kier molecular flexibility index (Phi) is 7.34. The first-order valence-electron chi connectivity index (χ1n) is 8.74. The summed E-state index contributed by atoms with van der Waals surface area (Å²) >= 11 is 0. The van der Waals surface area contributed by atoms with Gasteiger partial charge in [0.15, 0.2) is 0 Å². The third kappa shape index (κ3) is 5.10. The Morgan fingerprint density at radius 2 is 1.83 bits per heavy atom. The Morgan fingerprint density at radius 1 is 1.17 bits per heavy atom. The van der Waals surface area contributed by atoms with Gasteiger partial charge in [0.05, 0.1) is 5.69 Å². The summed E-state index contributed by atoms with van der Waals surface area (Å²) in [6.45, 7) is 5.47. The van der Waals surface area contributed by atoms with Crippen molar-refractivity contribution in [1.82, 2.24) is 10.2 Å². The Hall–Kier alpha value is -1.30. The van der Waals surface area contributed by atoms with Crippen LogP contribution >= 0.6 is 12.4 Å². The van der Waals surface area contributed by atoms with E-state index >= 15 is 0 Å². The number of anilines is 1. The molecule has 0 radical (unpaired) electrons. The fraction of sp³-hybridized carbons (Fsp3) is 0.611. The predicted molar refractivity (Wildman–Crippen MR) is 98.7 cm³/mol. The minimum absolute atomic E-state index is 0. The van der Waals surface area contributed by atoms with Crippen LogP contribution in [0.3, 0.4) is 0 Å². The first-order chi connectivity index (χ1) is 11.2. The van der Waals surface area contributed by atoms with Gasteiger partial charge in [-0.15, -0.1) is 12.4 Å². The summed E-state index contributed by atoms with van der Waals surface area (Å²) in [5.41, 5.74) is 0.509. The smallest absolute Gasteiger partial charge is 0.227 e. The lowest BCUT2D eigenvalue weighted by Gasteiger charge is -2.35. The molecule has 1 aromatic rings. The SMILES string of the molecule is Cl.O=C(Nc1ccccc1O)C1CCN(CC2CCNCC2)CC1. The second-order valence-electron chi connectivity index (χ2n) is 6.77. The third-order valence-corrected chi connectivity index (χ3v) is 5.10. The first kappa shape index (κ1) is 19.0. The Balaban J connectivity index is 0.00000208. The highest BCUT2D eigenvalue weighted by molar-refractivity contribution is 5.93. The molecule has 0 atom stereocenters. The van der Waals surface area contributed by atoms with E-state index in [0.717, 1.165) is 44.9 Å². The number of halogens is 1. The molecule has 2 heterocycles. The maximum Gasteiger partial charge on any atom is 0.227 e. The predicted octanol–water partition coefficient (Wildman–Crippen LogP) is 2.46. The van der Waals surface area contributed by atoms with Crippen LogP contribution in [0.25, 0.3) is 0 Å². The Labute approximate surface area is 150 Å². The van der Waals surface area contributed by atoms with Crippen LogP contribution in [0.1, 0.15) is 25.7 Å². The zero-order valence-corrected chi connectivity index (χ0v) is 14.9. The number of nitrogens with zero attached hydrogens (tertiary/aromatic N) is 1. The molecule has 1 amide bonds. The van der Waals surface area contributed by atoms with Crippen molar-refractivity contribution in [3.8, 4) is 5.75 Å². The van der Waals surface area contributed by atoms with E-state index in [9.17, 15) is 9.90 Å². The number of rotatable bonds is 4. The van der Waals surface area contributed by atoms with Crippen LogP contribution in [-0.2, 0) is 4.79 Å². The van der Waals surface area contributed by atoms with Crippen molar-refractivity contribution in [3.63, 3.8) is 0 Å². The van der Waals surface area contributed by atoms with Crippen LogP contribution in [0.2, 0.25) is 0 Å². The van der Waals surface area contributed by atoms with Crippen LogP contribution in [0.5, 0.6) is 5.75 Å². The number of carbonyl (C=O) groups is 1. The number of hydrogen-bond acceptors (Lipinski definition) is 4. The standard InChI is InChI=1S/C18H27N3O2.ClH/c22-17-4-2-1-3-16(17)20-18(23)15-7-11-21(12-8-15)13-14-5-9-19-10-6-14;/h1-4,14-15,19,22H,5-13H2,(H,20,23);1H. The van der Waals surface area contributed by atoms with Gasteiger partial charge in [0.1, 0.15) is 5.75 Å². The number of carbonyl (C=O) groups excluding carboxylic acids is 1. The largest absolute Gasteiger partial charge is 0.506 e. The van der Waals surface area contributed by atoms with Gasteiger partial charge < -0.3 is 20.6 Å². The van der Waals surface area contributed by atoms with Gasteiger partial charge in [-0.25, -0.2) is 0 Å². The molecule has 134 valence electrons. The van der Waals surface area contributed by atoms with Gasteiger partial charge in [-0.1, -0.05) is 12.1 Å². The Morgan fingerprint density at radius 3 is 2.50 bits per heavy atom. The minimum atomic E-state index is 0. The third-order valence-electron chi connectivity index (χ3n) is 5.10. The summed E-state index contributed by atoms with van der Waals surface area (Å²) in [6, 6.07) is 6.90. The van der Waals surface area contributed by atoms with Gasteiger partial charge in [0.25, 0.3) is 0 Å². The normalized spacial score (nSPS) is 20.3. The number of nitrogens with one attached hydrogen (secondary N) is 2. The molecule has 0 aromatic heterocycles. The summed E-state index contributed by atoms with van der Waals surface area (Å²) in [4.78, 5) is 14.9. The molecule has 0 aliphatic carbocycles. The lowest BCUT2D eigenvalue weighted by molar-refractivity contribution is -0.121. The molecule has 0 spiro atoms. The van der Waals surface area contributed by atoms with Crippen molar-refractivity contribution < 1.29 is 9.90 Å². The number of phenolic OH excluding ortho intramolecular Hbond substituents is 1. The summed E-state index contributed by atoms with van der Waals surface area (Å²) in [7, 11) is 0. The first-order valence-corrected chi connectivity index (χ1v) is 8.74. The minimum Gasteiger partial charge on any atom is -0.506 e. The molecular formula is C18H28ClN3O2. The van der Waals surface area contributed by atoms with Gasteiger partial charge in [-0.05, 0) is 69.9 Å². The lowest BCUT2D eigenvalue weighted by atomic mass is 9.93. The van der Waals surface area contributed by atoms with Crippen molar-refractivity contribution in [2.75, 3.05) is 38.0 Å². The van der Waals surface area contributed by atoms with E-state index in [1.807, 2.05) is 6.07 Å². The number of piperidine rings is 2.